The Morgan fingerprint density at radius 3 is 2.13 bits per heavy atom. The maximum atomic E-state index is 10.9. The van der Waals surface area contributed by atoms with Gasteiger partial charge in [0.1, 0.15) is 15.9 Å². The highest BCUT2D eigenvalue weighted by atomic mass is 32.2. The molecule has 0 spiro atoms. The number of carboxylic acids is 1. The van der Waals surface area contributed by atoms with Gasteiger partial charge in [0.25, 0.3) is 0 Å². The molecule has 0 aliphatic heterocycles. The Morgan fingerprint density at radius 1 is 1.40 bits per heavy atom. The van der Waals surface area contributed by atoms with Crippen molar-refractivity contribution in [1.29, 1.82) is 0 Å². The lowest BCUT2D eigenvalue weighted by Crippen LogP contribution is -2.42. The van der Waals surface area contributed by atoms with Crippen LogP contribution in [0.2, 0.25) is 0 Å². The quantitative estimate of drug-likeness (QED) is 0.686. The minimum atomic E-state index is -3.21. The molecule has 0 aliphatic carbocycles. The zero-order chi connectivity index (χ0) is 12.2. The van der Waals surface area contributed by atoms with Gasteiger partial charge in [-0.05, 0) is 6.42 Å². The van der Waals surface area contributed by atoms with E-state index in [9.17, 15) is 18.0 Å². The maximum absolute atomic E-state index is 10.9. The number of hydrogen-bond donors (Lipinski definition) is 1. The van der Waals surface area contributed by atoms with Gasteiger partial charge in [-0.15, -0.1) is 0 Å². The van der Waals surface area contributed by atoms with Gasteiger partial charge >= 0.3 is 5.97 Å². The van der Waals surface area contributed by atoms with Gasteiger partial charge in [-0.1, -0.05) is 0 Å². The van der Waals surface area contributed by atoms with Crippen LogP contribution < -0.4 is 0 Å². The summed E-state index contributed by atoms with van der Waals surface area (Å²) in [6.45, 7) is 1.23. The molecule has 0 bridgehead atoms. The van der Waals surface area contributed by atoms with E-state index in [0.29, 0.717) is 0 Å². The molecule has 0 saturated carbocycles. The van der Waals surface area contributed by atoms with Gasteiger partial charge in [-0.3, -0.25) is 4.79 Å². The predicted molar refractivity (Wildman–Crippen MR) is 54.2 cm³/mol. The fraction of sp³-hybridized carbons (Fsp3) is 0.750. The minimum Gasteiger partial charge on any atom is -0.480 e. The number of hydrogen-bond acceptors (Lipinski definition) is 4. The number of rotatable bonds is 5. The summed E-state index contributed by atoms with van der Waals surface area (Å²) in [6.07, 6.45) is 0.934. The van der Waals surface area contributed by atoms with E-state index in [1.165, 1.54) is 14.0 Å². The smallest absolute Gasteiger partial charge is 0.326 e. The van der Waals surface area contributed by atoms with Gasteiger partial charge in [-0.25, -0.2) is 13.2 Å². The fourth-order valence-corrected chi connectivity index (χ4v) is 1.68. The predicted octanol–water partition coefficient (Wildman–Crippen LogP) is -0.647. The highest BCUT2D eigenvalue weighted by Gasteiger charge is 2.25. The van der Waals surface area contributed by atoms with Crippen LogP contribution in [0.3, 0.4) is 0 Å². The molecule has 1 amide bonds. The van der Waals surface area contributed by atoms with Crippen LogP contribution in [0, 0.1) is 0 Å². The van der Waals surface area contributed by atoms with Gasteiger partial charge in [0.15, 0.2) is 0 Å². The Kier molecular flexibility index (Phi) is 4.73. The molecule has 0 aromatic heterocycles. The number of amides is 1. The number of carboxylic acid groups (broad SMARTS) is 1. The molecule has 0 radical (unpaired) electrons. The third-order valence-corrected chi connectivity index (χ3v) is 2.99. The molecule has 88 valence electrons. The maximum Gasteiger partial charge on any atom is 0.326 e. The Balaban J connectivity index is 4.56. The SMILES string of the molecule is CC(=O)N(C)C(CCS(C)(=O)=O)C(=O)O. The van der Waals surface area contributed by atoms with Crippen LogP contribution in [-0.2, 0) is 19.4 Å². The van der Waals surface area contributed by atoms with Crippen molar-refractivity contribution >= 4 is 21.7 Å². The van der Waals surface area contributed by atoms with Crippen molar-refractivity contribution in [1.82, 2.24) is 4.90 Å². The van der Waals surface area contributed by atoms with Crippen molar-refractivity contribution in [2.75, 3.05) is 19.1 Å². The van der Waals surface area contributed by atoms with E-state index < -0.39 is 27.8 Å². The van der Waals surface area contributed by atoms with Crippen molar-refractivity contribution in [2.24, 2.45) is 0 Å². The number of likely N-dealkylation sites (N-methyl/N-ethyl adjacent to an activating group) is 1. The summed E-state index contributed by atoms with van der Waals surface area (Å²) in [5.74, 6) is -1.85. The summed E-state index contributed by atoms with van der Waals surface area (Å²) in [6, 6.07) is -1.09. The number of nitrogens with zero attached hydrogens (tertiary/aromatic N) is 1. The molecule has 6 nitrogen and oxygen atoms in total. The lowest BCUT2D eigenvalue weighted by Gasteiger charge is -2.22. The molecule has 0 saturated heterocycles. The minimum absolute atomic E-state index is 0.0930. The Hall–Kier alpha value is -1.11. The molecular weight excluding hydrogens is 222 g/mol. The van der Waals surface area contributed by atoms with Crippen LogP contribution in [-0.4, -0.2) is 55.4 Å². The molecule has 15 heavy (non-hydrogen) atoms. The molecule has 0 heterocycles. The average Bonchev–Trinajstić information content (AvgIpc) is 2.01. The largest absolute Gasteiger partial charge is 0.480 e. The van der Waals surface area contributed by atoms with Crippen molar-refractivity contribution in [3.8, 4) is 0 Å². The summed E-state index contributed by atoms with van der Waals surface area (Å²) < 4.78 is 21.7. The summed E-state index contributed by atoms with van der Waals surface area (Å²) in [4.78, 5) is 22.7. The summed E-state index contributed by atoms with van der Waals surface area (Å²) >= 11 is 0. The first kappa shape index (κ1) is 13.9. The standard InChI is InChI=1S/C8H15NO5S/c1-6(10)9(2)7(8(11)12)4-5-15(3,13)14/h7H,4-5H2,1-3H3,(H,11,12). The molecule has 0 rings (SSSR count). The molecule has 7 heteroatoms. The van der Waals surface area contributed by atoms with E-state index in [2.05, 4.69) is 0 Å². The second-order valence-corrected chi connectivity index (χ2v) is 5.66. The van der Waals surface area contributed by atoms with Crippen LogP contribution in [0.4, 0.5) is 0 Å². The number of carbonyl (C=O) groups is 2. The van der Waals surface area contributed by atoms with E-state index in [1.54, 1.807) is 0 Å². The van der Waals surface area contributed by atoms with Crippen LogP contribution in [0.5, 0.6) is 0 Å². The van der Waals surface area contributed by atoms with Gasteiger partial charge < -0.3 is 10.0 Å². The first-order chi connectivity index (χ1) is 6.65. The van der Waals surface area contributed by atoms with E-state index in [-0.39, 0.29) is 12.2 Å². The molecule has 0 fully saturated rings. The summed E-state index contributed by atoms with van der Waals surface area (Å²) in [7, 11) is -1.88. The number of sulfone groups is 1. The topological polar surface area (TPSA) is 91.8 Å². The van der Waals surface area contributed by atoms with E-state index >= 15 is 0 Å². The molecule has 0 aromatic rings. The van der Waals surface area contributed by atoms with Crippen molar-refractivity contribution in [2.45, 2.75) is 19.4 Å². The fourth-order valence-electron chi connectivity index (χ4n) is 1.03. The molecule has 0 aromatic carbocycles. The van der Waals surface area contributed by atoms with Crippen molar-refractivity contribution < 1.29 is 23.1 Å². The monoisotopic (exact) mass is 237 g/mol. The number of carbonyl (C=O) groups excluding carboxylic acids is 1. The van der Waals surface area contributed by atoms with E-state index in [1.807, 2.05) is 0 Å². The lowest BCUT2D eigenvalue weighted by molar-refractivity contribution is -0.148. The third-order valence-electron chi connectivity index (χ3n) is 2.01. The Morgan fingerprint density at radius 2 is 1.87 bits per heavy atom. The normalized spacial score (nSPS) is 13.3. The second kappa shape index (κ2) is 5.11. The van der Waals surface area contributed by atoms with Crippen LogP contribution >= 0.6 is 0 Å². The molecule has 0 aliphatic rings. The van der Waals surface area contributed by atoms with E-state index in [0.717, 1.165) is 11.2 Å². The van der Waals surface area contributed by atoms with Crippen molar-refractivity contribution in [3.63, 3.8) is 0 Å². The highest BCUT2D eigenvalue weighted by Crippen LogP contribution is 2.05. The van der Waals surface area contributed by atoms with E-state index in [4.69, 9.17) is 5.11 Å². The lowest BCUT2D eigenvalue weighted by atomic mass is 10.2. The Labute approximate surface area is 88.8 Å². The van der Waals surface area contributed by atoms with Gasteiger partial charge in [0, 0.05) is 20.2 Å². The summed E-state index contributed by atoms with van der Waals surface area (Å²) in [5.41, 5.74) is 0. The molecular formula is C8H15NO5S. The third kappa shape index (κ3) is 5.36. The van der Waals surface area contributed by atoms with Crippen LogP contribution in [0.1, 0.15) is 13.3 Å². The van der Waals surface area contributed by atoms with Gasteiger partial charge in [0.2, 0.25) is 5.91 Å². The van der Waals surface area contributed by atoms with Crippen LogP contribution in [0.15, 0.2) is 0 Å². The zero-order valence-electron chi connectivity index (χ0n) is 8.93. The first-order valence-corrected chi connectivity index (χ1v) is 6.35. The van der Waals surface area contributed by atoms with Crippen LogP contribution in [0.25, 0.3) is 0 Å². The Bertz CT molecular complexity index is 348. The molecule has 1 N–H and O–H groups in total. The van der Waals surface area contributed by atoms with Gasteiger partial charge in [0.05, 0.1) is 5.75 Å². The zero-order valence-corrected chi connectivity index (χ0v) is 9.74. The summed E-state index contributed by atoms with van der Waals surface area (Å²) in [5, 5.41) is 8.80. The molecule has 1 atom stereocenters. The highest BCUT2D eigenvalue weighted by molar-refractivity contribution is 7.90. The average molecular weight is 237 g/mol. The number of aliphatic carboxylic acids is 1. The first-order valence-electron chi connectivity index (χ1n) is 4.29. The van der Waals surface area contributed by atoms with Gasteiger partial charge in [-0.2, -0.15) is 0 Å². The molecule has 1 unspecified atom stereocenters. The second-order valence-electron chi connectivity index (χ2n) is 3.40. The van der Waals surface area contributed by atoms with Crippen molar-refractivity contribution in [3.05, 3.63) is 0 Å².